The number of nitrogens with one attached hydrogen (secondary N) is 3. The minimum absolute atomic E-state index is 0. The van der Waals surface area contributed by atoms with Gasteiger partial charge in [0.1, 0.15) is 11.7 Å². The van der Waals surface area contributed by atoms with Crippen LogP contribution in [0.15, 0.2) is 12.3 Å². The Morgan fingerprint density at radius 3 is 2.85 bits per heavy atom. The molecule has 8 nitrogen and oxygen atoms in total. The largest absolute Gasteiger partial charge is 0.383 e. The Hall–Kier alpha value is -1.64. The van der Waals surface area contributed by atoms with Gasteiger partial charge < -0.3 is 20.7 Å². The van der Waals surface area contributed by atoms with E-state index in [4.69, 9.17) is 4.74 Å². The van der Waals surface area contributed by atoms with E-state index in [1.54, 1.807) is 13.2 Å². The van der Waals surface area contributed by atoms with Crippen molar-refractivity contribution in [1.82, 2.24) is 25.7 Å². The number of carbonyl (C=O) groups is 2. The van der Waals surface area contributed by atoms with Crippen molar-refractivity contribution in [2.45, 2.75) is 45.2 Å². The Morgan fingerprint density at radius 1 is 1.44 bits per heavy atom. The number of aromatic nitrogens is 2. The van der Waals surface area contributed by atoms with Crippen LogP contribution in [-0.4, -0.2) is 61.0 Å². The first kappa shape index (κ1) is 23.4. The summed E-state index contributed by atoms with van der Waals surface area (Å²) < 4.78 is 6.79. The molecular weight excluding hydrogens is 370 g/mol. The van der Waals surface area contributed by atoms with E-state index in [9.17, 15) is 9.59 Å². The van der Waals surface area contributed by atoms with Gasteiger partial charge in [0.25, 0.3) is 5.91 Å². The summed E-state index contributed by atoms with van der Waals surface area (Å²) in [4.78, 5) is 24.9. The molecule has 0 bridgehead atoms. The maximum absolute atomic E-state index is 12.6. The normalized spacial score (nSPS) is 17.9. The van der Waals surface area contributed by atoms with Crippen LogP contribution in [0.3, 0.4) is 0 Å². The quantitative estimate of drug-likeness (QED) is 0.539. The molecule has 1 aromatic heterocycles. The number of piperidine rings is 1. The molecule has 1 aliphatic heterocycles. The van der Waals surface area contributed by atoms with Crippen LogP contribution in [0.5, 0.6) is 0 Å². The molecule has 1 fully saturated rings. The van der Waals surface area contributed by atoms with Crippen LogP contribution >= 0.6 is 12.4 Å². The number of nitrogens with zero attached hydrogens (tertiary/aromatic N) is 2. The number of halogens is 1. The van der Waals surface area contributed by atoms with Gasteiger partial charge in [0.15, 0.2) is 0 Å². The summed E-state index contributed by atoms with van der Waals surface area (Å²) >= 11 is 0. The Bertz CT molecular complexity index is 587. The van der Waals surface area contributed by atoms with Crippen molar-refractivity contribution in [2.75, 3.05) is 33.4 Å². The van der Waals surface area contributed by atoms with Gasteiger partial charge in [-0.15, -0.1) is 12.4 Å². The summed E-state index contributed by atoms with van der Waals surface area (Å²) in [6.07, 6.45) is 4.55. The number of ether oxygens (including phenoxy) is 1. The lowest BCUT2D eigenvalue weighted by atomic mass is 10.0. The van der Waals surface area contributed by atoms with Crippen molar-refractivity contribution >= 4 is 24.2 Å². The van der Waals surface area contributed by atoms with Gasteiger partial charge in [0.05, 0.1) is 12.6 Å². The zero-order valence-electron chi connectivity index (χ0n) is 16.4. The van der Waals surface area contributed by atoms with E-state index >= 15 is 0 Å². The minimum atomic E-state index is -0.583. The van der Waals surface area contributed by atoms with Gasteiger partial charge in [-0.2, -0.15) is 5.10 Å². The summed E-state index contributed by atoms with van der Waals surface area (Å²) in [5.41, 5.74) is 0.342. The molecule has 1 unspecified atom stereocenters. The third-order valence-corrected chi connectivity index (χ3v) is 4.42. The van der Waals surface area contributed by atoms with E-state index in [1.165, 1.54) is 0 Å². The van der Waals surface area contributed by atoms with Crippen molar-refractivity contribution in [2.24, 2.45) is 5.92 Å². The summed E-state index contributed by atoms with van der Waals surface area (Å²) in [5.74, 6) is -0.237. The van der Waals surface area contributed by atoms with Crippen LogP contribution in [0, 0.1) is 5.92 Å². The van der Waals surface area contributed by atoms with Gasteiger partial charge in [-0.25, -0.2) is 0 Å². The molecule has 0 aromatic carbocycles. The molecule has 2 amide bonds. The van der Waals surface area contributed by atoms with Gasteiger partial charge in [0.2, 0.25) is 5.91 Å². The van der Waals surface area contributed by atoms with Crippen LogP contribution in [0.25, 0.3) is 0 Å². The molecule has 0 spiro atoms. The number of amides is 2. The number of carbonyl (C=O) groups excluding carboxylic acids is 2. The van der Waals surface area contributed by atoms with E-state index in [1.807, 2.05) is 24.7 Å². The van der Waals surface area contributed by atoms with Crippen molar-refractivity contribution in [1.29, 1.82) is 0 Å². The summed E-state index contributed by atoms with van der Waals surface area (Å²) in [5, 5.41) is 13.4. The number of methoxy groups -OCH3 is 1. The molecule has 27 heavy (non-hydrogen) atoms. The third kappa shape index (κ3) is 7.48. The lowest BCUT2D eigenvalue weighted by Crippen LogP contribution is -2.48. The molecule has 1 saturated heterocycles. The maximum atomic E-state index is 12.6. The molecule has 9 heteroatoms. The Kier molecular flexibility index (Phi) is 10.4. The highest BCUT2D eigenvalue weighted by Gasteiger charge is 2.24. The van der Waals surface area contributed by atoms with E-state index in [2.05, 4.69) is 21.0 Å². The van der Waals surface area contributed by atoms with Gasteiger partial charge in [-0.05, 0) is 37.8 Å². The molecule has 2 rings (SSSR count). The lowest BCUT2D eigenvalue weighted by molar-refractivity contribution is -0.123. The highest BCUT2D eigenvalue weighted by Crippen LogP contribution is 2.16. The summed E-state index contributed by atoms with van der Waals surface area (Å²) in [6, 6.07) is 1.40. The molecule has 154 valence electrons. The predicted molar refractivity (Wildman–Crippen MR) is 106 cm³/mol. The van der Waals surface area contributed by atoms with Crippen LogP contribution in [0.1, 0.15) is 49.6 Å². The molecule has 1 aliphatic rings. The fourth-order valence-electron chi connectivity index (χ4n) is 3.06. The van der Waals surface area contributed by atoms with E-state index < -0.39 is 6.04 Å². The first-order valence-electron chi connectivity index (χ1n) is 9.34. The van der Waals surface area contributed by atoms with E-state index in [0.717, 1.165) is 25.9 Å². The molecule has 2 heterocycles. The van der Waals surface area contributed by atoms with Crippen LogP contribution in [-0.2, 0) is 9.53 Å². The minimum Gasteiger partial charge on any atom is -0.383 e. The Balaban J connectivity index is 0.00000364. The van der Waals surface area contributed by atoms with E-state index in [-0.39, 0.29) is 36.2 Å². The van der Waals surface area contributed by atoms with Gasteiger partial charge in [-0.1, -0.05) is 13.8 Å². The molecule has 0 aliphatic carbocycles. The second kappa shape index (κ2) is 11.9. The van der Waals surface area contributed by atoms with Crippen LogP contribution in [0.2, 0.25) is 0 Å². The van der Waals surface area contributed by atoms with Crippen LogP contribution in [0.4, 0.5) is 0 Å². The van der Waals surface area contributed by atoms with Gasteiger partial charge in [0, 0.05) is 26.4 Å². The fourth-order valence-corrected chi connectivity index (χ4v) is 3.06. The number of hydrogen-bond donors (Lipinski definition) is 3. The van der Waals surface area contributed by atoms with Gasteiger partial charge >= 0.3 is 0 Å². The van der Waals surface area contributed by atoms with Crippen molar-refractivity contribution in [3.05, 3.63) is 18.0 Å². The third-order valence-electron chi connectivity index (χ3n) is 4.42. The summed E-state index contributed by atoms with van der Waals surface area (Å²) in [7, 11) is 1.58. The fraction of sp³-hybridized carbons (Fsp3) is 0.722. The highest BCUT2D eigenvalue weighted by molar-refractivity contribution is 5.96. The number of hydrogen-bond acceptors (Lipinski definition) is 5. The predicted octanol–water partition coefficient (Wildman–Crippen LogP) is 1.14. The lowest BCUT2D eigenvalue weighted by Gasteiger charge is -2.23. The summed E-state index contributed by atoms with van der Waals surface area (Å²) in [6.45, 7) is 6.79. The molecule has 2 atom stereocenters. The standard InChI is InChI=1S/C18H31N5O3.ClH/c1-13(2)11-16(17(24)20-8-10-26-3)21-18(25)15-6-9-23(22-15)14-5-4-7-19-12-14;/h6,9,13-14,16,19H,4-5,7-8,10-12H2,1-3H3,(H,20,24)(H,21,25);1H/t14?,16-;/m0./s1. The zero-order valence-corrected chi connectivity index (χ0v) is 17.2. The topological polar surface area (TPSA) is 97.3 Å². The second-order valence-corrected chi connectivity index (χ2v) is 7.12. The highest BCUT2D eigenvalue weighted by atomic mass is 35.5. The second-order valence-electron chi connectivity index (χ2n) is 7.12. The molecule has 3 N–H and O–H groups in total. The zero-order chi connectivity index (χ0) is 18.9. The molecule has 0 radical (unpaired) electrons. The smallest absolute Gasteiger partial charge is 0.272 e. The SMILES string of the molecule is COCCNC(=O)[C@H](CC(C)C)NC(=O)c1ccn(C2CCCNC2)n1.Cl. The van der Waals surface area contributed by atoms with Crippen LogP contribution < -0.4 is 16.0 Å². The first-order chi connectivity index (χ1) is 12.5. The van der Waals surface area contributed by atoms with Gasteiger partial charge in [-0.3, -0.25) is 14.3 Å². The monoisotopic (exact) mass is 401 g/mol. The average Bonchev–Trinajstić information content (AvgIpc) is 3.12. The average molecular weight is 402 g/mol. The number of rotatable bonds is 9. The molecule has 0 saturated carbocycles. The Labute approximate surface area is 167 Å². The van der Waals surface area contributed by atoms with Crippen molar-refractivity contribution < 1.29 is 14.3 Å². The molecule has 1 aromatic rings. The first-order valence-corrected chi connectivity index (χ1v) is 9.34. The molecular formula is C18H32ClN5O3. The van der Waals surface area contributed by atoms with E-state index in [0.29, 0.717) is 25.3 Å². The van der Waals surface area contributed by atoms with Crippen molar-refractivity contribution in [3.63, 3.8) is 0 Å². The van der Waals surface area contributed by atoms with Crippen molar-refractivity contribution in [3.8, 4) is 0 Å². The Morgan fingerprint density at radius 2 is 2.22 bits per heavy atom. The maximum Gasteiger partial charge on any atom is 0.272 e.